The molecule has 0 aliphatic rings. The molecular formula is C9H15NO6S. The molecule has 0 saturated carbocycles. The first-order valence-electron chi connectivity index (χ1n) is 4.55. The van der Waals surface area contributed by atoms with Crippen molar-refractivity contribution in [1.29, 1.82) is 0 Å². The highest BCUT2D eigenvalue weighted by Gasteiger charge is 2.05. The van der Waals surface area contributed by atoms with Crippen LogP contribution in [0.25, 0.3) is 0 Å². The van der Waals surface area contributed by atoms with Gasteiger partial charge in [-0.15, -0.1) is 0 Å². The molecule has 0 amide bonds. The maximum atomic E-state index is 9.47. The summed E-state index contributed by atoms with van der Waals surface area (Å²) in [6, 6.07) is 6.63. The molecule has 17 heavy (non-hydrogen) atoms. The second-order valence-electron chi connectivity index (χ2n) is 3.12. The Balaban J connectivity index is 0.000000437. The molecule has 98 valence electrons. The van der Waals surface area contributed by atoms with Gasteiger partial charge >= 0.3 is 10.4 Å². The van der Waals surface area contributed by atoms with Crippen LogP contribution in [0.5, 0.6) is 5.75 Å². The zero-order valence-electron chi connectivity index (χ0n) is 9.11. The predicted molar refractivity (Wildman–Crippen MR) is 61.2 cm³/mol. The van der Waals surface area contributed by atoms with E-state index in [0.717, 1.165) is 5.56 Å². The van der Waals surface area contributed by atoms with Gasteiger partial charge in [0.25, 0.3) is 0 Å². The summed E-state index contributed by atoms with van der Waals surface area (Å²) >= 11 is 0. The smallest absolute Gasteiger partial charge is 0.394 e. The van der Waals surface area contributed by atoms with Gasteiger partial charge in [-0.2, -0.15) is 8.42 Å². The highest BCUT2D eigenvalue weighted by atomic mass is 32.3. The second-order valence-corrected chi connectivity index (χ2v) is 4.01. The number of phenols is 1. The Kier molecular flexibility index (Phi) is 6.69. The lowest BCUT2D eigenvalue weighted by Crippen LogP contribution is -2.16. The van der Waals surface area contributed by atoms with Crippen LogP contribution < -0.4 is 5.32 Å². The van der Waals surface area contributed by atoms with Crippen molar-refractivity contribution >= 4 is 10.4 Å². The maximum Gasteiger partial charge on any atom is 0.394 e. The van der Waals surface area contributed by atoms with Gasteiger partial charge in [0.2, 0.25) is 0 Å². The average Bonchev–Trinajstić information content (AvgIpc) is 2.15. The molecule has 0 saturated heterocycles. The summed E-state index contributed by atoms with van der Waals surface area (Å²) in [6.07, 6.45) is -0.554. The number of likely N-dealkylation sites (N-methyl/N-ethyl adjacent to an activating group) is 1. The third kappa shape index (κ3) is 9.72. The van der Waals surface area contributed by atoms with Crippen LogP contribution in [0.2, 0.25) is 0 Å². The Morgan fingerprint density at radius 3 is 2.29 bits per heavy atom. The van der Waals surface area contributed by atoms with Crippen LogP contribution in [0.4, 0.5) is 0 Å². The van der Waals surface area contributed by atoms with Gasteiger partial charge in [0, 0.05) is 6.54 Å². The Hall–Kier alpha value is -1.19. The molecule has 1 atom stereocenters. The van der Waals surface area contributed by atoms with E-state index in [-0.39, 0.29) is 5.75 Å². The number of aromatic hydroxyl groups is 1. The van der Waals surface area contributed by atoms with Crippen LogP contribution in [0.3, 0.4) is 0 Å². The summed E-state index contributed by atoms with van der Waals surface area (Å²) in [7, 11) is -2.90. The Morgan fingerprint density at radius 2 is 1.88 bits per heavy atom. The van der Waals surface area contributed by atoms with Crippen molar-refractivity contribution in [2.24, 2.45) is 0 Å². The Bertz CT molecular complexity index is 425. The molecule has 8 heteroatoms. The highest BCUT2D eigenvalue weighted by Crippen LogP contribution is 2.17. The number of aliphatic hydroxyl groups is 1. The molecule has 0 aliphatic carbocycles. The molecule has 7 nitrogen and oxygen atoms in total. The van der Waals surface area contributed by atoms with Crippen molar-refractivity contribution in [1.82, 2.24) is 5.32 Å². The number of rotatable bonds is 3. The molecular weight excluding hydrogens is 250 g/mol. The van der Waals surface area contributed by atoms with E-state index < -0.39 is 16.5 Å². The van der Waals surface area contributed by atoms with E-state index in [4.69, 9.17) is 22.6 Å². The van der Waals surface area contributed by atoms with Gasteiger partial charge in [0.05, 0.1) is 6.10 Å². The normalized spacial score (nSPS) is 12.5. The molecule has 0 aromatic heterocycles. The van der Waals surface area contributed by atoms with Gasteiger partial charge in [-0.25, -0.2) is 0 Å². The zero-order valence-corrected chi connectivity index (χ0v) is 9.92. The van der Waals surface area contributed by atoms with Crippen LogP contribution in [0, 0.1) is 0 Å². The largest absolute Gasteiger partial charge is 0.508 e. The number of phenolic OH excluding ortho intramolecular Hbond substituents is 1. The van der Waals surface area contributed by atoms with Crippen molar-refractivity contribution in [2.75, 3.05) is 13.6 Å². The highest BCUT2D eigenvalue weighted by molar-refractivity contribution is 7.79. The molecule has 1 rings (SSSR count). The second kappa shape index (κ2) is 7.20. The molecule has 0 radical (unpaired) electrons. The van der Waals surface area contributed by atoms with Crippen molar-refractivity contribution in [3.8, 4) is 5.75 Å². The van der Waals surface area contributed by atoms with E-state index in [2.05, 4.69) is 5.32 Å². The van der Waals surface area contributed by atoms with E-state index in [1.165, 1.54) is 0 Å². The van der Waals surface area contributed by atoms with Crippen molar-refractivity contribution < 1.29 is 27.7 Å². The van der Waals surface area contributed by atoms with Crippen LogP contribution in [0.15, 0.2) is 24.3 Å². The van der Waals surface area contributed by atoms with Crippen molar-refractivity contribution in [3.05, 3.63) is 29.8 Å². The summed E-state index contributed by atoms with van der Waals surface area (Å²) < 4.78 is 31.6. The van der Waals surface area contributed by atoms with Gasteiger partial charge in [-0.1, -0.05) is 12.1 Å². The van der Waals surface area contributed by atoms with Gasteiger partial charge in [-0.05, 0) is 24.7 Å². The number of hydrogen-bond acceptors (Lipinski definition) is 5. The average molecular weight is 265 g/mol. The van der Waals surface area contributed by atoms with Gasteiger partial charge in [-0.3, -0.25) is 9.11 Å². The molecule has 0 heterocycles. The summed E-state index contributed by atoms with van der Waals surface area (Å²) in [4.78, 5) is 0. The Labute approximate surface area is 99.3 Å². The van der Waals surface area contributed by atoms with Crippen LogP contribution >= 0.6 is 0 Å². The fourth-order valence-corrected chi connectivity index (χ4v) is 1.04. The number of benzene rings is 1. The van der Waals surface area contributed by atoms with Crippen LogP contribution in [-0.2, 0) is 10.4 Å². The number of hydrogen-bond donors (Lipinski definition) is 5. The SMILES string of the molecule is CNCC(O)c1cccc(O)c1.O=S(=O)(O)O. The van der Waals surface area contributed by atoms with Crippen molar-refractivity contribution in [2.45, 2.75) is 6.10 Å². The summed E-state index contributed by atoms with van der Waals surface area (Å²) in [5.74, 6) is 0.183. The zero-order chi connectivity index (χ0) is 13.5. The minimum atomic E-state index is -4.67. The lowest BCUT2D eigenvalue weighted by atomic mass is 10.1. The summed E-state index contributed by atoms with van der Waals surface area (Å²) in [6.45, 7) is 0.490. The van der Waals surface area contributed by atoms with Gasteiger partial charge < -0.3 is 15.5 Å². The van der Waals surface area contributed by atoms with E-state index in [1.54, 1.807) is 31.3 Å². The Morgan fingerprint density at radius 1 is 1.35 bits per heavy atom. The molecule has 1 aromatic rings. The minimum Gasteiger partial charge on any atom is -0.508 e. The standard InChI is InChI=1S/C9H13NO2.H2O4S/c1-10-6-9(12)7-3-2-4-8(11)5-7;1-5(2,3)4/h2-5,9-12H,6H2,1H3;(H2,1,2,3,4). The quantitative estimate of drug-likeness (QED) is 0.486. The summed E-state index contributed by atoms with van der Waals surface area (Å²) in [5, 5.41) is 21.4. The number of nitrogens with one attached hydrogen (secondary N) is 1. The first-order chi connectivity index (χ1) is 7.74. The van der Waals surface area contributed by atoms with Gasteiger partial charge in [0.15, 0.2) is 0 Å². The van der Waals surface area contributed by atoms with Crippen LogP contribution in [0.1, 0.15) is 11.7 Å². The molecule has 0 bridgehead atoms. The fourth-order valence-electron chi connectivity index (χ4n) is 1.04. The monoisotopic (exact) mass is 265 g/mol. The van der Waals surface area contributed by atoms with Crippen molar-refractivity contribution in [3.63, 3.8) is 0 Å². The number of aliphatic hydroxyl groups excluding tert-OH is 1. The molecule has 0 fully saturated rings. The van der Waals surface area contributed by atoms with E-state index in [0.29, 0.717) is 6.54 Å². The first-order valence-corrected chi connectivity index (χ1v) is 5.95. The minimum absolute atomic E-state index is 0.183. The maximum absolute atomic E-state index is 9.47. The third-order valence-corrected chi connectivity index (χ3v) is 1.65. The third-order valence-electron chi connectivity index (χ3n) is 1.65. The lowest BCUT2D eigenvalue weighted by molar-refractivity contribution is 0.177. The van der Waals surface area contributed by atoms with E-state index in [1.807, 2.05) is 0 Å². The first kappa shape index (κ1) is 15.8. The molecule has 5 N–H and O–H groups in total. The molecule has 0 spiro atoms. The fraction of sp³-hybridized carbons (Fsp3) is 0.333. The van der Waals surface area contributed by atoms with Gasteiger partial charge in [0.1, 0.15) is 5.75 Å². The van der Waals surface area contributed by atoms with E-state index >= 15 is 0 Å². The molecule has 1 unspecified atom stereocenters. The van der Waals surface area contributed by atoms with E-state index in [9.17, 15) is 5.11 Å². The predicted octanol–water partition coefficient (Wildman–Crippen LogP) is -0.00780. The summed E-state index contributed by atoms with van der Waals surface area (Å²) in [5.41, 5.74) is 0.726. The lowest BCUT2D eigenvalue weighted by Gasteiger charge is -2.09. The topological polar surface area (TPSA) is 127 Å². The van der Waals surface area contributed by atoms with Crippen LogP contribution in [-0.4, -0.2) is 41.3 Å². The molecule has 0 aliphatic heterocycles. The molecule has 1 aromatic carbocycles.